The first-order valence-corrected chi connectivity index (χ1v) is 26.4. The number of aromatic hydroxyl groups is 6. The van der Waals surface area contributed by atoms with Crippen LogP contribution in [0.3, 0.4) is 0 Å². The molecule has 0 heterocycles. The van der Waals surface area contributed by atoms with E-state index in [1.165, 1.54) is 48.5 Å². The van der Waals surface area contributed by atoms with Crippen molar-refractivity contribution in [3.05, 3.63) is 176 Å². The summed E-state index contributed by atoms with van der Waals surface area (Å²) >= 11 is 0. The topological polar surface area (TPSA) is 279 Å². The van der Waals surface area contributed by atoms with Crippen molar-refractivity contribution in [2.24, 2.45) is 0 Å². The number of benzene rings is 7. The lowest BCUT2D eigenvalue weighted by Crippen LogP contribution is -2.22. The second-order valence-corrected chi connectivity index (χ2v) is 19.2. The van der Waals surface area contributed by atoms with Gasteiger partial charge in [0.25, 0.3) is 0 Å². The maximum absolute atomic E-state index is 13.5. The third-order valence-corrected chi connectivity index (χ3v) is 13.7. The van der Waals surface area contributed by atoms with E-state index in [9.17, 15) is 59.4 Å². The number of carbonyl (C=O) groups is 6. The van der Waals surface area contributed by atoms with Crippen molar-refractivity contribution >= 4 is 35.2 Å². The summed E-state index contributed by atoms with van der Waals surface area (Å²) < 4.78 is 36.1. The summed E-state index contributed by atoms with van der Waals surface area (Å²) in [6, 6.07) is 28.7. The maximum Gasteiger partial charge on any atom is 0.198 e. The lowest BCUT2D eigenvalue weighted by molar-refractivity contribution is 0.0972. The van der Waals surface area contributed by atoms with Gasteiger partial charge in [-0.05, 0) is 63.9 Å². The summed E-state index contributed by atoms with van der Waals surface area (Å²) in [5, 5.41) is 62.9. The summed E-state index contributed by atoms with van der Waals surface area (Å²) in [5.41, 5.74) is -0.204. The Morgan fingerprint density at radius 2 is 0.691 bits per heavy atom. The number of hydrogen-bond donors (Lipinski definition) is 6. The second-order valence-electron chi connectivity index (χ2n) is 19.2. The van der Waals surface area contributed by atoms with E-state index in [2.05, 4.69) is 0 Å². The van der Waals surface area contributed by atoms with Gasteiger partial charge in [0.1, 0.15) is 34.5 Å². The molecule has 18 nitrogen and oxygen atoms in total. The van der Waals surface area contributed by atoms with Crippen molar-refractivity contribution in [2.45, 2.75) is 57.8 Å². The van der Waals surface area contributed by atoms with Crippen molar-refractivity contribution < 1.29 is 87.8 Å². The molecule has 0 saturated carbocycles. The molecule has 2 aliphatic carbocycles. The molecule has 0 unspecified atom stereocenters. The van der Waals surface area contributed by atoms with Crippen LogP contribution in [0.1, 0.15) is 148 Å². The van der Waals surface area contributed by atoms with Crippen LogP contribution in [0, 0.1) is 0 Å². The van der Waals surface area contributed by atoms with Gasteiger partial charge < -0.3 is 59.1 Å². The van der Waals surface area contributed by atoms with Crippen molar-refractivity contribution in [3.63, 3.8) is 0 Å². The van der Waals surface area contributed by atoms with E-state index in [0.717, 1.165) is 12.1 Å². The Kier molecular flexibility index (Phi) is 17.5. The molecule has 81 heavy (non-hydrogen) atoms. The monoisotopic (exact) mass is 1100 g/mol. The van der Waals surface area contributed by atoms with Crippen molar-refractivity contribution in [1.82, 2.24) is 0 Å². The molecule has 0 aromatic heterocycles. The SMILES string of the molecule is O=Cc1ccccc1C(=O)c1cc(OCCCCCOc2cc(OCCCCCOc3cc(O)c(O)c4c3C(=O)c3ccccc3C4=O)cc(OCCCCCOc3cc(O)c(O)c4c3C(=O)c3ccccc3C4=O)c2)cc(O)c1O. The molecule has 2 aliphatic rings. The zero-order chi connectivity index (χ0) is 57.2. The van der Waals surface area contributed by atoms with Crippen LogP contribution in [0.5, 0.6) is 69.0 Å². The maximum atomic E-state index is 13.5. The van der Waals surface area contributed by atoms with Gasteiger partial charge in [0, 0.05) is 69.8 Å². The highest BCUT2D eigenvalue weighted by molar-refractivity contribution is 6.31. The van der Waals surface area contributed by atoms with Crippen molar-refractivity contribution in [1.29, 1.82) is 0 Å². The zero-order valence-electron chi connectivity index (χ0n) is 43.7. The third kappa shape index (κ3) is 12.2. The molecule has 18 heteroatoms. The molecule has 0 saturated heterocycles. The van der Waals surface area contributed by atoms with Crippen LogP contribution >= 0.6 is 0 Å². The molecule has 0 spiro atoms. The van der Waals surface area contributed by atoms with Gasteiger partial charge in [-0.2, -0.15) is 0 Å². The molecule has 0 fully saturated rings. The minimum Gasteiger partial charge on any atom is -0.504 e. The highest BCUT2D eigenvalue weighted by atomic mass is 16.5. The number of carbonyl (C=O) groups excluding carboxylic acids is 6. The van der Waals surface area contributed by atoms with E-state index in [4.69, 9.17) is 28.4 Å². The van der Waals surface area contributed by atoms with Gasteiger partial charge in [-0.3, -0.25) is 28.8 Å². The van der Waals surface area contributed by atoms with Gasteiger partial charge in [0.15, 0.2) is 69.7 Å². The molecule has 0 amide bonds. The molecule has 7 aromatic rings. The Morgan fingerprint density at radius 1 is 0.358 bits per heavy atom. The van der Waals surface area contributed by atoms with E-state index < -0.39 is 63.4 Å². The molecule has 0 aliphatic heterocycles. The minimum atomic E-state index is -0.683. The summed E-state index contributed by atoms with van der Waals surface area (Å²) in [4.78, 5) is 78.3. The number of phenols is 6. The molecule has 0 atom stereocenters. The van der Waals surface area contributed by atoms with Crippen LogP contribution in [0.2, 0.25) is 0 Å². The normalized spacial score (nSPS) is 12.2. The minimum absolute atomic E-state index is 0.00851. The van der Waals surface area contributed by atoms with Crippen molar-refractivity contribution in [2.75, 3.05) is 39.6 Å². The van der Waals surface area contributed by atoms with E-state index in [1.807, 2.05) is 0 Å². The van der Waals surface area contributed by atoms with Gasteiger partial charge in [0.2, 0.25) is 0 Å². The highest BCUT2D eigenvalue weighted by Gasteiger charge is 2.38. The number of phenolic OH excluding ortho intramolecular Hbond substituents is 6. The molecule has 6 N–H and O–H groups in total. The highest BCUT2D eigenvalue weighted by Crippen LogP contribution is 2.45. The Bertz CT molecular complexity index is 3420. The third-order valence-electron chi connectivity index (χ3n) is 13.7. The average molecular weight is 1100 g/mol. The van der Waals surface area contributed by atoms with Crippen LogP contribution in [0.15, 0.2) is 115 Å². The van der Waals surface area contributed by atoms with Crippen LogP contribution < -0.4 is 28.4 Å². The van der Waals surface area contributed by atoms with Crippen LogP contribution in [-0.2, 0) is 0 Å². The summed E-state index contributed by atoms with van der Waals surface area (Å²) in [7, 11) is 0. The number of rotatable bonds is 27. The first-order valence-electron chi connectivity index (χ1n) is 26.4. The van der Waals surface area contributed by atoms with Gasteiger partial charge in [-0.1, -0.05) is 72.8 Å². The van der Waals surface area contributed by atoms with E-state index in [1.54, 1.807) is 54.6 Å². The molecule has 0 radical (unpaired) electrons. The molecular weight excluding hydrogens is 1040 g/mol. The summed E-state index contributed by atoms with van der Waals surface area (Å²) in [6.07, 6.45) is 5.92. The molecule has 0 bridgehead atoms. The largest absolute Gasteiger partial charge is 0.504 e. The number of ether oxygens (including phenoxy) is 6. The fourth-order valence-electron chi connectivity index (χ4n) is 9.55. The zero-order valence-corrected chi connectivity index (χ0v) is 43.7. The summed E-state index contributed by atoms with van der Waals surface area (Å²) in [6.45, 7) is 1.42. The van der Waals surface area contributed by atoms with Crippen LogP contribution in [-0.4, -0.2) is 105 Å². The first kappa shape index (κ1) is 55.9. The fourth-order valence-corrected chi connectivity index (χ4v) is 9.55. The standard InChI is InChI=1S/C63H56O18/c64-35-36-16-4-5-17-41(36)56(68)46-31-40(32-47(65)57(46)69)79-25-11-1-10-22-76-37-28-38(77-23-12-2-14-26-80-50-33-48(66)62(74)54-52(50)58(70)42-18-6-8-20-44(42)60(54)72)30-39(29-37)78-24-13-3-15-27-81-51-34-49(67)63(75)55-53(51)59(71)43-19-7-9-21-45(43)61(55)73/h4-9,16-21,28-35,65-67,69,74-75H,1-3,10-15,22-27H2. The van der Waals surface area contributed by atoms with Gasteiger partial charge in [0.05, 0.1) is 67.5 Å². The van der Waals surface area contributed by atoms with Gasteiger partial charge in [-0.15, -0.1) is 0 Å². The van der Waals surface area contributed by atoms with E-state index >= 15 is 0 Å². The molecule has 9 rings (SSSR count). The molecule has 7 aromatic carbocycles. The average Bonchev–Trinajstić information content (AvgIpc) is 3.55. The van der Waals surface area contributed by atoms with Gasteiger partial charge >= 0.3 is 0 Å². The number of unbranched alkanes of at least 4 members (excludes halogenated alkanes) is 6. The number of hydrogen-bond acceptors (Lipinski definition) is 18. The molecular formula is C63H56O18. The Hall–Kier alpha value is -9.84. The quantitative estimate of drug-likeness (QED) is 0.0121. The van der Waals surface area contributed by atoms with E-state index in [-0.39, 0.29) is 98.3 Å². The van der Waals surface area contributed by atoms with Crippen molar-refractivity contribution in [3.8, 4) is 69.0 Å². The number of fused-ring (bicyclic) bond motifs is 4. The Morgan fingerprint density at radius 3 is 1.09 bits per heavy atom. The second kappa shape index (κ2) is 25.3. The first-order chi connectivity index (χ1) is 39.2. The Balaban J connectivity index is 0.768. The van der Waals surface area contributed by atoms with Crippen LogP contribution in [0.25, 0.3) is 0 Å². The number of aldehydes is 1. The lowest BCUT2D eigenvalue weighted by atomic mass is 9.83. The predicted molar refractivity (Wildman–Crippen MR) is 292 cm³/mol. The predicted octanol–water partition coefficient (Wildman–Crippen LogP) is 10.4. The lowest BCUT2D eigenvalue weighted by Gasteiger charge is -2.21. The van der Waals surface area contributed by atoms with E-state index in [0.29, 0.717) is 101 Å². The van der Waals surface area contributed by atoms with Crippen LogP contribution in [0.4, 0.5) is 0 Å². The number of ketones is 5. The smallest absolute Gasteiger partial charge is 0.198 e. The molecule has 416 valence electrons. The van der Waals surface area contributed by atoms with Gasteiger partial charge in [-0.25, -0.2) is 0 Å². The fraction of sp³-hybridized carbons (Fsp3) is 0.238. The Labute approximate surface area is 464 Å². The summed E-state index contributed by atoms with van der Waals surface area (Å²) in [5.74, 6) is -4.93.